The van der Waals surface area contributed by atoms with Crippen molar-refractivity contribution >= 4 is 17.4 Å². The third kappa shape index (κ3) is 2.72. The van der Waals surface area contributed by atoms with Crippen LogP contribution in [0.5, 0.6) is 5.88 Å². The van der Waals surface area contributed by atoms with E-state index < -0.39 is 0 Å². The molecule has 1 unspecified atom stereocenters. The first-order valence-corrected chi connectivity index (χ1v) is 6.61. The van der Waals surface area contributed by atoms with Crippen molar-refractivity contribution in [1.82, 2.24) is 10.3 Å². The Balaban J connectivity index is 2.29. The standard InChI is InChI=1S/C13H20N4O2/c1-3-10-12(18)15-7-8-17(10)11-6-5-9(14)13(16-11)19-4-2/h5-6,10H,3-4,7-8,14H2,1-2H3,(H,15,18). The van der Waals surface area contributed by atoms with Gasteiger partial charge in [0.2, 0.25) is 11.8 Å². The van der Waals surface area contributed by atoms with Gasteiger partial charge in [-0.2, -0.15) is 4.98 Å². The second kappa shape index (κ2) is 5.77. The van der Waals surface area contributed by atoms with Gasteiger partial charge in [0.25, 0.3) is 0 Å². The van der Waals surface area contributed by atoms with Crippen LogP contribution in [0.3, 0.4) is 0 Å². The molecule has 0 saturated carbocycles. The number of hydrogen-bond acceptors (Lipinski definition) is 5. The summed E-state index contributed by atoms with van der Waals surface area (Å²) in [5.41, 5.74) is 6.33. The van der Waals surface area contributed by atoms with Crippen molar-refractivity contribution in [3.8, 4) is 5.88 Å². The van der Waals surface area contributed by atoms with Crippen LogP contribution in [0.4, 0.5) is 11.5 Å². The lowest BCUT2D eigenvalue weighted by atomic mass is 10.1. The molecule has 0 bridgehead atoms. The number of piperazine rings is 1. The molecule has 0 aliphatic carbocycles. The molecule has 1 atom stereocenters. The third-order valence-electron chi connectivity index (χ3n) is 3.17. The van der Waals surface area contributed by atoms with E-state index in [9.17, 15) is 4.79 Å². The van der Waals surface area contributed by atoms with E-state index in [1.807, 2.05) is 24.8 Å². The van der Waals surface area contributed by atoms with Crippen LogP contribution in [0.2, 0.25) is 0 Å². The number of nitrogen functional groups attached to an aromatic ring is 1. The predicted molar refractivity (Wildman–Crippen MR) is 74.3 cm³/mol. The molecule has 0 spiro atoms. The highest BCUT2D eigenvalue weighted by atomic mass is 16.5. The molecule has 1 aliphatic rings. The van der Waals surface area contributed by atoms with Crippen LogP contribution < -0.4 is 20.7 Å². The Morgan fingerprint density at radius 1 is 1.53 bits per heavy atom. The maximum absolute atomic E-state index is 11.9. The Hall–Kier alpha value is -1.98. The van der Waals surface area contributed by atoms with Crippen LogP contribution in [-0.4, -0.2) is 36.6 Å². The number of carbonyl (C=O) groups excluding carboxylic acids is 1. The highest BCUT2D eigenvalue weighted by Gasteiger charge is 2.29. The summed E-state index contributed by atoms with van der Waals surface area (Å²) in [5.74, 6) is 1.21. The van der Waals surface area contributed by atoms with Gasteiger partial charge < -0.3 is 20.7 Å². The molecule has 0 aromatic carbocycles. The van der Waals surface area contributed by atoms with Crippen molar-refractivity contribution in [2.75, 3.05) is 30.3 Å². The molecule has 1 saturated heterocycles. The zero-order valence-corrected chi connectivity index (χ0v) is 11.3. The van der Waals surface area contributed by atoms with E-state index in [0.717, 1.165) is 18.8 Å². The lowest BCUT2D eigenvalue weighted by molar-refractivity contribution is -0.123. The number of carbonyl (C=O) groups is 1. The van der Waals surface area contributed by atoms with Crippen molar-refractivity contribution in [1.29, 1.82) is 0 Å². The molecular formula is C13H20N4O2. The number of hydrogen-bond donors (Lipinski definition) is 2. The fourth-order valence-electron chi connectivity index (χ4n) is 2.25. The minimum Gasteiger partial charge on any atom is -0.476 e. The molecular weight excluding hydrogens is 244 g/mol. The number of rotatable bonds is 4. The zero-order chi connectivity index (χ0) is 13.8. The van der Waals surface area contributed by atoms with Gasteiger partial charge in [-0.3, -0.25) is 4.79 Å². The summed E-state index contributed by atoms with van der Waals surface area (Å²) in [4.78, 5) is 18.3. The summed E-state index contributed by atoms with van der Waals surface area (Å²) in [6.45, 7) is 5.76. The molecule has 1 aliphatic heterocycles. The second-order valence-electron chi connectivity index (χ2n) is 4.41. The Bertz CT molecular complexity index is 464. The van der Waals surface area contributed by atoms with E-state index in [2.05, 4.69) is 10.3 Å². The van der Waals surface area contributed by atoms with Crippen LogP contribution in [0.1, 0.15) is 20.3 Å². The molecule has 104 valence electrons. The van der Waals surface area contributed by atoms with E-state index in [4.69, 9.17) is 10.5 Å². The molecule has 19 heavy (non-hydrogen) atoms. The molecule has 6 heteroatoms. The Kier molecular flexibility index (Phi) is 4.09. The summed E-state index contributed by atoms with van der Waals surface area (Å²) in [7, 11) is 0. The Morgan fingerprint density at radius 2 is 2.32 bits per heavy atom. The average Bonchev–Trinajstić information content (AvgIpc) is 2.41. The third-order valence-corrected chi connectivity index (χ3v) is 3.17. The van der Waals surface area contributed by atoms with Gasteiger partial charge in [0.15, 0.2) is 0 Å². The van der Waals surface area contributed by atoms with Crippen LogP contribution in [-0.2, 0) is 4.79 Å². The van der Waals surface area contributed by atoms with E-state index >= 15 is 0 Å². The highest BCUT2D eigenvalue weighted by Crippen LogP contribution is 2.25. The number of nitrogens with one attached hydrogen (secondary N) is 1. The number of nitrogens with zero attached hydrogens (tertiary/aromatic N) is 2. The molecule has 0 radical (unpaired) electrons. The van der Waals surface area contributed by atoms with Crippen LogP contribution in [0.25, 0.3) is 0 Å². The first-order chi connectivity index (χ1) is 9.17. The van der Waals surface area contributed by atoms with Gasteiger partial charge in [0.1, 0.15) is 11.9 Å². The quantitative estimate of drug-likeness (QED) is 0.840. The number of amides is 1. The first-order valence-electron chi connectivity index (χ1n) is 6.61. The minimum atomic E-state index is -0.181. The molecule has 1 fully saturated rings. The molecule has 6 nitrogen and oxygen atoms in total. The SMILES string of the molecule is CCOc1nc(N2CCNC(=O)C2CC)ccc1N. The van der Waals surface area contributed by atoms with Crippen molar-refractivity contribution < 1.29 is 9.53 Å². The summed E-state index contributed by atoms with van der Waals surface area (Å²) < 4.78 is 5.40. The summed E-state index contributed by atoms with van der Waals surface area (Å²) >= 11 is 0. The maximum atomic E-state index is 11.9. The topological polar surface area (TPSA) is 80.5 Å². The van der Waals surface area contributed by atoms with Crippen molar-refractivity contribution in [3.05, 3.63) is 12.1 Å². The summed E-state index contributed by atoms with van der Waals surface area (Å²) in [6, 6.07) is 3.42. The number of pyridine rings is 1. The van der Waals surface area contributed by atoms with Crippen LogP contribution in [0.15, 0.2) is 12.1 Å². The maximum Gasteiger partial charge on any atom is 0.242 e. The van der Waals surface area contributed by atoms with Crippen molar-refractivity contribution in [3.63, 3.8) is 0 Å². The summed E-state index contributed by atoms with van der Waals surface area (Å²) in [5, 5.41) is 2.87. The van der Waals surface area contributed by atoms with Gasteiger partial charge in [-0.25, -0.2) is 0 Å². The molecule has 1 amide bonds. The van der Waals surface area contributed by atoms with Crippen LogP contribution >= 0.6 is 0 Å². The second-order valence-corrected chi connectivity index (χ2v) is 4.41. The van der Waals surface area contributed by atoms with Gasteiger partial charge in [0, 0.05) is 13.1 Å². The zero-order valence-electron chi connectivity index (χ0n) is 11.3. The predicted octanol–water partition coefficient (Wildman–Crippen LogP) is 0.777. The largest absolute Gasteiger partial charge is 0.476 e. The van der Waals surface area contributed by atoms with Gasteiger partial charge in [0.05, 0.1) is 12.3 Å². The van der Waals surface area contributed by atoms with E-state index in [1.165, 1.54) is 0 Å². The van der Waals surface area contributed by atoms with E-state index in [1.54, 1.807) is 6.07 Å². The number of nitrogens with two attached hydrogens (primary N) is 1. The number of ether oxygens (including phenoxy) is 1. The summed E-state index contributed by atoms with van der Waals surface area (Å²) in [6.07, 6.45) is 0.738. The highest BCUT2D eigenvalue weighted by molar-refractivity contribution is 5.86. The lowest BCUT2D eigenvalue weighted by Crippen LogP contribution is -2.55. The molecule has 1 aromatic heterocycles. The molecule has 1 aromatic rings. The fourth-order valence-corrected chi connectivity index (χ4v) is 2.25. The Morgan fingerprint density at radius 3 is 3.00 bits per heavy atom. The molecule has 2 heterocycles. The first kappa shape index (κ1) is 13.5. The Labute approximate surface area is 112 Å². The van der Waals surface area contributed by atoms with Gasteiger partial charge >= 0.3 is 0 Å². The monoisotopic (exact) mass is 264 g/mol. The molecule has 2 rings (SSSR count). The number of anilines is 2. The van der Waals surface area contributed by atoms with E-state index in [-0.39, 0.29) is 11.9 Å². The van der Waals surface area contributed by atoms with Gasteiger partial charge in [-0.05, 0) is 25.5 Å². The average molecular weight is 264 g/mol. The minimum absolute atomic E-state index is 0.0466. The number of aromatic nitrogens is 1. The smallest absolute Gasteiger partial charge is 0.242 e. The van der Waals surface area contributed by atoms with Crippen LogP contribution in [0, 0.1) is 0 Å². The van der Waals surface area contributed by atoms with E-state index in [0.29, 0.717) is 24.7 Å². The normalized spacial score (nSPS) is 19.2. The van der Waals surface area contributed by atoms with Crippen molar-refractivity contribution in [2.24, 2.45) is 0 Å². The lowest BCUT2D eigenvalue weighted by Gasteiger charge is -2.35. The fraction of sp³-hybridized carbons (Fsp3) is 0.538. The van der Waals surface area contributed by atoms with Gasteiger partial charge in [-0.1, -0.05) is 6.92 Å². The van der Waals surface area contributed by atoms with Crippen molar-refractivity contribution in [2.45, 2.75) is 26.3 Å². The van der Waals surface area contributed by atoms with Gasteiger partial charge in [-0.15, -0.1) is 0 Å². The molecule has 3 N–H and O–H groups in total.